The summed E-state index contributed by atoms with van der Waals surface area (Å²) in [5.41, 5.74) is 3.16. The van der Waals surface area contributed by atoms with Crippen LogP contribution in [0, 0.1) is 11.3 Å². The molecule has 0 saturated heterocycles. The summed E-state index contributed by atoms with van der Waals surface area (Å²) in [6.07, 6.45) is -2.51. The normalized spacial score (nSPS) is 11.8. The molecule has 6 heteroatoms. The molecular formula is C19H10F3N3. The highest BCUT2D eigenvalue weighted by Gasteiger charge is 2.30. The van der Waals surface area contributed by atoms with E-state index in [1.165, 1.54) is 12.1 Å². The van der Waals surface area contributed by atoms with Crippen LogP contribution < -0.4 is 0 Å². The summed E-state index contributed by atoms with van der Waals surface area (Å²) in [7, 11) is 0. The van der Waals surface area contributed by atoms with Crippen LogP contribution >= 0.6 is 0 Å². The van der Waals surface area contributed by atoms with E-state index in [9.17, 15) is 13.2 Å². The van der Waals surface area contributed by atoms with E-state index >= 15 is 0 Å². The summed E-state index contributed by atoms with van der Waals surface area (Å²) in [5, 5.41) is 9.07. The lowest BCUT2D eigenvalue weighted by atomic mass is 10.1. The molecule has 2 aromatic heterocycles. The monoisotopic (exact) mass is 337 g/mol. The Morgan fingerprint density at radius 3 is 2.40 bits per heavy atom. The highest BCUT2D eigenvalue weighted by Crippen LogP contribution is 2.32. The van der Waals surface area contributed by atoms with Gasteiger partial charge in [-0.1, -0.05) is 12.1 Å². The van der Waals surface area contributed by atoms with E-state index in [2.05, 4.69) is 11.1 Å². The van der Waals surface area contributed by atoms with Crippen molar-refractivity contribution in [3.63, 3.8) is 0 Å². The molecule has 0 spiro atoms. The van der Waals surface area contributed by atoms with E-state index in [1.54, 1.807) is 12.1 Å². The van der Waals surface area contributed by atoms with Crippen LogP contribution in [0.4, 0.5) is 13.2 Å². The van der Waals surface area contributed by atoms with E-state index in [1.807, 2.05) is 28.8 Å². The fraction of sp³-hybridized carbons (Fsp3) is 0.0526. The molecule has 3 nitrogen and oxygen atoms in total. The number of hydrogen-bond donors (Lipinski definition) is 0. The van der Waals surface area contributed by atoms with Gasteiger partial charge in [0.1, 0.15) is 0 Å². The first kappa shape index (κ1) is 15.2. The summed E-state index contributed by atoms with van der Waals surface area (Å²) >= 11 is 0. The van der Waals surface area contributed by atoms with Gasteiger partial charge in [0.15, 0.2) is 0 Å². The topological polar surface area (TPSA) is 41.1 Å². The molecule has 0 bridgehead atoms. The first-order valence-electron chi connectivity index (χ1n) is 7.46. The van der Waals surface area contributed by atoms with Crippen LogP contribution in [0.3, 0.4) is 0 Å². The smallest absolute Gasteiger partial charge is 0.313 e. The summed E-state index contributed by atoms with van der Waals surface area (Å²) < 4.78 is 40.2. The number of benzene rings is 2. The van der Waals surface area contributed by atoms with Crippen molar-refractivity contribution in [3.8, 4) is 17.3 Å². The number of fused-ring (bicyclic) bond motifs is 3. The molecule has 4 aromatic rings. The second-order valence-corrected chi connectivity index (χ2v) is 5.61. The standard InChI is InChI=1S/C19H10F3N3/c20-19(21,22)14-6-4-13(5-7-14)18-17-2-1-9-25(17)16-8-3-12(11-23)10-15(16)24-18/h1-10H. The van der Waals surface area contributed by atoms with Crippen molar-refractivity contribution in [2.45, 2.75) is 6.18 Å². The molecule has 2 heterocycles. The zero-order valence-electron chi connectivity index (χ0n) is 12.7. The van der Waals surface area contributed by atoms with E-state index in [-0.39, 0.29) is 0 Å². The number of nitrogens with zero attached hydrogens (tertiary/aromatic N) is 3. The molecule has 0 aliphatic rings. The quantitative estimate of drug-likeness (QED) is 0.488. The lowest BCUT2D eigenvalue weighted by Crippen LogP contribution is -2.04. The maximum Gasteiger partial charge on any atom is 0.416 e. The molecule has 0 aliphatic carbocycles. The second kappa shape index (κ2) is 5.35. The van der Waals surface area contributed by atoms with Gasteiger partial charge in [0.05, 0.1) is 39.4 Å². The Kier molecular flexibility index (Phi) is 3.25. The molecule has 0 unspecified atom stereocenters. The van der Waals surface area contributed by atoms with Crippen LogP contribution in [-0.4, -0.2) is 9.38 Å². The summed E-state index contributed by atoms with van der Waals surface area (Å²) in [5.74, 6) is 0. The molecular weight excluding hydrogens is 327 g/mol. The Balaban J connectivity index is 1.96. The minimum Gasteiger partial charge on any atom is -0.313 e. The van der Waals surface area contributed by atoms with Crippen molar-refractivity contribution >= 4 is 16.6 Å². The van der Waals surface area contributed by atoms with E-state index in [0.717, 1.165) is 23.2 Å². The number of aromatic nitrogens is 2. The molecule has 4 rings (SSSR count). The number of alkyl halides is 3. The van der Waals surface area contributed by atoms with Gasteiger partial charge in [-0.05, 0) is 42.5 Å². The Bertz CT molecular complexity index is 1130. The maximum atomic E-state index is 12.8. The molecule has 122 valence electrons. The lowest BCUT2D eigenvalue weighted by Gasteiger charge is -2.11. The highest BCUT2D eigenvalue weighted by atomic mass is 19.4. The minimum atomic E-state index is -4.37. The highest BCUT2D eigenvalue weighted by molar-refractivity contribution is 5.88. The van der Waals surface area contributed by atoms with Gasteiger partial charge < -0.3 is 4.40 Å². The van der Waals surface area contributed by atoms with Crippen LogP contribution in [0.15, 0.2) is 60.8 Å². The largest absolute Gasteiger partial charge is 0.416 e. The molecule has 0 saturated carbocycles. The average Bonchev–Trinajstić information content (AvgIpc) is 3.09. The van der Waals surface area contributed by atoms with Crippen LogP contribution in [-0.2, 0) is 6.18 Å². The third kappa shape index (κ3) is 2.50. The summed E-state index contributed by atoms with van der Waals surface area (Å²) in [6.45, 7) is 0. The first-order valence-corrected chi connectivity index (χ1v) is 7.46. The fourth-order valence-corrected chi connectivity index (χ4v) is 2.88. The van der Waals surface area contributed by atoms with Gasteiger partial charge in [-0.2, -0.15) is 18.4 Å². The molecule has 0 atom stereocenters. The first-order chi connectivity index (χ1) is 12.0. The van der Waals surface area contributed by atoms with Gasteiger partial charge >= 0.3 is 6.18 Å². The SMILES string of the molecule is N#Cc1ccc2c(c1)nc(-c1ccc(C(F)(F)F)cc1)c1cccn12. The molecule has 0 N–H and O–H groups in total. The van der Waals surface area contributed by atoms with Gasteiger partial charge in [0.2, 0.25) is 0 Å². The zero-order valence-corrected chi connectivity index (χ0v) is 12.7. The number of nitriles is 1. The summed E-state index contributed by atoms with van der Waals surface area (Å²) in [6, 6.07) is 15.9. The predicted octanol–water partition coefficient (Wildman–Crippen LogP) is 5.04. The zero-order chi connectivity index (χ0) is 17.6. The van der Waals surface area contributed by atoms with Gasteiger partial charge in [-0.3, -0.25) is 0 Å². The Hall–Kier alpha value is -3.33. The van der Waals surface area contributed by atoms with Crippen molar-refractivity contribution in [1.29, 1.82) is 5.26 Å². The van der Waals surface area contributed by atoms with Crippen LogP contribution in [0.25, 0.3) is 27.8 Å². The van der Waals surface area contributed by atoms with E-state index in [4.69, 9.17) is 5.26 Å². The van der Waals surface area contributed by atoms with Gasteiger partial charge in [0.25, 0.3) is 0 Å². The van der Waals surface area contributed by atoms with Gasteiger partial charge in [-0.15, -0.1) is 0 Å². The molecule has 2 aromatic carbocycles. The Morgan fingerprint density at radius 2 is 1.72 bits per heavy atom. The third-order valence-electron chi connectivity index (χ3n) is 4.07. The number of halogens is 3. The Morgan fingerprint density at radius 1 is 0.960 bits per heavy atom. The van der Waals surface area contributed by atoms with Crippen LogP contribution in [0.1, 0.15) is 11.1 Å². The Labute approximate surface area is 140 Å². The van der Waals surface area contributed by atoms with Crippen molar-refractivity contribution in [1.82, 2.24) is 9.38 Å². The second-order valence-electron chi connectivity index (χ2n) is 5.61. The minimum absolute atomic E-state index is 0.477. The van der Waals surface area contributed by atoms with Crippen LogP contribution in [0.5, 0.6) is 0 Å². The molecule has 25 heavy (non-hydrogen) atoms. The molecule has 0 aliphatic heterocycles. The van der Waals surface area contributed by atoms with Gasteiger partial charge in [0, 0.05) is 11.8 Å². The molecule has 0 amide bonds. The maximum absolute atomic E-state index is 12.8. The van der Waals surface area contributed by atoms with Crippen molar-refractivity contribution < 1.29 is 13.2 Å². The predicted molar refractivity (Wildman–Crippen MR) is 87.9 cm³/mol. The van der Waals surface area contributed by atoms with Crippen molar-refractivity contribution in [2.24, 2.45) is 0 Å². The molecule has 0 radical (unpaired) electrons. The van der Waals surface area contributed by atoms with Crippen LogP contribution in [0.2, 0.25) is 0 Å². The third-order valence-corrected chi connectivity index (χ3v) is 4.07. The average molecular weight is 337 g/mol. The van der Waals surface area contributed by atoms with E-state index < -0.39 is 11.7 Å². The summed E-state index contributed by atoms with van der Waals surface area (Å²) in [4.78, 5) is 4.59. The molecule has 0 fully saturated rings. The van der Waals surface area contributed by atoms with Crippen molar-refractivity contribution in [3.05, 3.63) is 71.9 Å². The number of hydrogen-bond acceptors (Lipinski definition) is 2. The van der Waals surface area contributed by atoms with E-state index in [0.29, 0.717) is 22.3 Å². The fourth-order valence-electron chi connectivity index (χ4n) is 2.88. The lowest BCUT2D eigenvalue weighted by molar-refractivity contribution is -0.137. The van der Waals surface area contributed by atoms with Gasteiger partial charge in [-0.25, -0.2) is 4.98 Å². The van der Waals surface area contributed by atoms with Crippen molar-refractivity contribution in [2.75, 3.05) is 0 Å². The number of rotatable bonds is 1.